The molecule has 0 aliphatic carbocycles. The molecule has 0 bridgehead atoms. The monoisotopic (exact) mass is 481 g/mol. The number of amides is 2. The topological polar surface area (TPSA) is 95.4 Å². The van der Waals surface area contributed by atoms with Crippen LogP contribution in [0.5, 0.6) is 0 Å². The van der Waals surface area contributed by atoms with Gasteiger partial charge in [0.25, 0.3) is 0 Å². The number of aromatic nitrogens is 3. The Kier molecular flexibility index (Phi) is 7.05. The van der Waals surface area contributed by atoms with E-state index in [1.807, 2.05) is 4.90 Å². The fourth-order valence-electron chi connectivity index (χ4n) is 5.38. The SMILES string of the molecule is C=CC(=O)N1CC2(CCN(c3nc(NC(CC(=O)NC)CC(C)C)c4ccn(C(C)C)c4n3)C2)C1. The zero-order chi connectivity index (χ0) is 25.3. The lowest BCUT2D eigenvalue weighted by Gasteiger charge is -2.47. The first-order chi connectivity index (χ1) is 16.6. The molecule has 9 nitrogen and oxygen atoms in total. The number of carbonyl (C=O) groups excluding carboxylic acids is 2. The van der Waals surface area contributed by atoms with E-state index in [-0.39, 0.29) is 29.3 Å². The third-order valence-electron chi connectivity index (χ3n) is 7.18. The molecule has 2 aromatic heterocycles. The molecule has 9 heteroatoms. The molecule has 4 rings (SSSR count). The molecule has 1 atom stereocenters. The maximum absolute atomic E-state index is 12.2. The van der Waals surface area contributed by atoms with Gasteiger partial charge in [-0.1, -0.05) is 20.4 Å². The van der Waals surface area contributed by atoms with Gasteiger partial charge in [0.2, 0.25) is 17.8 Å². The molecule has 2 aliphatic rings. The summed E-state index contributed by atoms with van der Waals surface area (Å²) in [5.41, 5.74) is 0.998. The number of rotatable bonds is 9. The number of fused-ring (bicyclic) bond motifs is 1. The molecular weight excluding hydrogens is 442 g/mol. The second-order valence-electron chi connectivity index (χ2n) is 10.8. The summed E-state index contributed by atoms with van der Waals surface area (Å²) in [4.78, 5) is 38.3. The quantitative estimate of drug-likeness (QED) is 0.534. The van der Waals surface area contributed by atoms with Crippen LogP contribution in [0.2, 0.25) is 0 Å². The molecule has 1 spiro atoms. The minimum absolute atomic E-state index is 0.000280. The van der Waals surface area contributed by atoms with Gasteiger partial charge in [-0.25, -0.2) is 0 Å². The van der Waals surface area contributed by atoms with Gasteiger partial charge in [-0.05, 0) is 44.7 Å². The normalized spacial score (nSPS) is 17.8. The van der Waals surface area contributed by atoms with E-state index in [9.17, 15) is 9.59 Å². The number of anilines is 2. The van der Waals surface area contributed by atoms with Gasteiger partial charge in [-0.2, -0.15) is 9.97 Å². The highest BCUT2D eigenvalue weighted by Crippen LogP contribution is 2.41. The van der Waals surface area contributed by atoms with Crippen LogP contribution in [0.15, 0.2) is 24.9 Å². The second kappa shape index (κ2) is 9.87. The third-order valence-corrected chi connectivity index (χ3v) is 7.18. The van der Waals surface area contributed by atoms with Gasteiger partial charge in [0.05, 0.1) is 5.39 Å². The Bertz CT molecular complexity index is 1100. The van der Waals surface area contributed by atoms with E-state index in [1.165, 1.54) is 6.08 Å². The number of nitrogens with one attached hydrogen (secondary N) is 2. The van der Waals surface area contributed by atoms with Gasteiger partial charge < -0.3 is 25.0 Å². The molecule has 2 saturated heterocycles. The Balaban J connectivity index is 1.64. The van der Waals surface area contributed by atoms with E-state index in [0.29, 0.717) is 18.3 Å². The van der Waals surface area contributed by atoms with Crippen LogP contribution in [0.3, 0.4) is 0 Å². The number of hydrogen-bond acceptors (Lipinski definition) is 6. The lowest BCUT2D eigenvalue weighted by molar-refractivity contribution is -0.136. The van der Waals surface area contributed by atoms with Crippen LogP contribution in [0.1, 0.15) is 53.0 Å². The number of hydrogen-bond donors (Lipinski definition) is 2. The number of carbonyl (C=O) groups is 2. The second-order valence-corrected chi connectivity index (χ2v) is 10.8. The first kappa shape index (κ1) is 25.0. The molecule has 0 saturated carbocycles. The Labute approximate surface area is 208 Å². The average molecular weight is 482 g/mol. The van der Waals surface area contributed by atoms with Crippen LogP contribution in [0.4, 0.5) is 11.8 Å². The van der Waals surface area contributed by atoms with E-state index < -0.39 is 0 Å². The molecule has 2 amide bonds. The van der Waals surface area contributed by atoms with Gasteiger partial charge in [0.15, 0.2) is 0 Å². The van der Waals surface area contributed by atoms with E-state index in [4.69, 9.17) is 9.97 Å². The van der Waals surface area contributed by atoms with Crippen LogP contribution in [-0.4, -0.2) is 70.5 Å². The van der Waals surface area contributed by atoms with Gasteiger partial charge >= 0.3 is 0 Å². The Morgan fingerprint density at radius 3 is 2.57 bits per heavy atom. The first-order valence-electron chi connectivity index (χ1n) is 12.7. The van der Waals surface area contributed by atoms with E-state index in [1.54, 1.807) is 7.05 Å². The Hall–Kier alpha value is -3.10. The summed E-state index contributed by atoms with van der Waals surface area (Å²) in [7, 11) is 1.67. The highest BCUT2D eigenvalue weighted by atomic mass is 16.2. The Morgan fingerprint density at radius 2 is 1.94 bits per heavy atom. The molecule has 2 aliphatic heterocycles. The van der Waals surface area contributed by atoms with Crippen LogP contribution >= 0.6 is 0 Å². The summed E-state index contributed by atoms with van der Waals surface area (Å²) in [5, 5.41) is 7.31. The lowest BCUT2D eigenvalue weighted by Crippen LogP contribution is -2.59. The van der Waals surface area contributed by atoms with Crippen molar-refractivity contribution in [3.05, 3.63) is 24.9 Å². The van der Waals surface area contributed by atoms with Gasteiger partial charge in [-0.3, -0.25) is 9.59 Å². The van der Waals surface area contributed by atoms with Crippen molar-refractivity contribution in [1.82, 2.24) is 24.8 Å². The van der Waals surface area contributed by atoms with E-state index >= 15 is 0 Å². The fourth-order valence-corrected chi connectivity index (χ4v) is 5.38. The summed E-state index contributed by atoms with van der Waals surface area (Å²) < 4.78 is 2.17. The summed E-state index contributed by atoms with van der Waals surface area (Å²) in [6, 6.07) is 2.29. The standard InChI is InChI=1S/C26H39N7O2/c1-7-22(35)32-15-26(16-32)9-11-31(14-26)25-29-23(20-8-10-33(18(4)5)24(20)30-25)28-19(12-17(2)3)13-21(34)27-6/h7-8,10,17-19H,1,9,11-16H2,2-6H3,(H,27,34)(H,28,29,30). The number of likely N-dealkylation sites (tertiary alicyclic amines) is 1. The van der Waals surface area contributed by atoms with Crippen LogP contribution < -0.4 is 15.5 Å². The largest absolute Gasteiger partial charge is 0.366 e. The maximum Gasteiger partial charge on any atom is 0.245 e. The predicted octanol–water partition coefficient (Wildman–Crippen LogP) is 3.20. The van der Waals surface area contributed by atoms with Crippen molar-refractivity contribution in [3.63, 3.8) is 0 Å². The van der Waals surface area contributed by atoms with Crippen molar-refractivity contribution < 1.29 is 9.59 Å². The van der Waals surface area contributed by atoms with Crippen LogP contribution in [0, 0.1) is 11.3 Å². The highest BCUT2D eigenvalue weighted by Gasteiger charge is 2.49. The Morgan fingerprint density at radius 1 is 1.20 bits per heavy atom. The average Bonchev–Trinajstić information content (AvgIpc) is 3.42. The van der Waals surface area contributed by atoms with Crippen molar-refractivity contribution in [2.45, 2.75) is 59.0 Å². The summed E-state index contributed by atoms with van der Waals surface area (Å²) >= 11 is 0. The molecule has 190 valence electrons. The zero-order valence-electron chi connectivity index (χ0n) is 21.7. The molecule has 4 heterocycles. The molecule has 2 aromatic rings. The van der Waals surface area contributed by atoms with E-state index in [0.717, 1.165) is 55.9 Å². The third kappa shape index (κ3) is 5.13. The molecular formula is C26H39N7O2. The van der Waals surface area contributed by atoms with Crippen molar-refractivity contribution in [2.75, 3.05) is 43.4 Å². The smallest absolute Gasteiger partial charge is 0.245 e. The number of nitrogens with zero attached hydrogens (tertiary/aromatic N) is 5. The fraction of sp³-hybridized carbons (Fsp3) is 0.615. The van der Waals surface area contributed by atoms with Gasteiger partial charge in [0, 0.05) is 63.3 Å². The summed E-state index contributed by atoms with van der Waals surface area (Å²) in [6.45, 7) is 15.4. The molecule has 2 N–H and O–H groups in total. The van der Waals surface area contributed by atoms with Crippen LogP contribution in [-0.2, 0) is 9.59 Å². The van der Waals surface area contributed by atoms with Crippen molar-refractivity contribution in [3.8, 4) is 0 Å². The summed E-state index contributed by atoms with van der Waals surface area (Å²) in [6.07, 6.45) is 5.71. The van der Waals surface area contributed by atoms with Crippen molar-refractivity contribution >= 4 is 34.6 Å². The van der Waals surface area contributed by atoms with Crippen LogP contribution in [0.25, 0.3) is 11.0 Å². The van der Waals surface area contributed by atoms with Gasteiger partial charge in [0.1, 0.15) is 11.5 Å². The molecule has 0 aromatic carbocycles. The van der Waals surface area contributed by atoms with Crippen molar-refractivity contribution in [1.29, 1.82) is 0 Å². The molecule has 35 heavy (non-hydrogen) atoms. The maximum atomic E-state index is 12.2. The van der Waals surface area contributed by atoms with E-state index in [2.05, 4.69) is 66.6 Å². The lowest BCUT2D eigenvalue weighted by atomic mass is 9.79. The zero-order valence-corrected chi connectivity index (χ0v) is 21.7. The van der Waals surface area contributed by atoms with Crippen molar-refractivity contribution in [2.24, 2.45) is 11.3 Å². The highest BCUT2D eigenvalue weighted by molar-refractivity contribution is 5.89. The molecule has 2 fully saturated rings. The minimum atomic E-state index is -0.0293. The molecule has 0 radical (unpaired) electrons. The summed E-state index contributed by atoms with van der Waals surface area (Å²) in [5.74, 6) is 1.93. The first-order valence-corrected chi connectivity index (χ1v) is 12.7. The molecule has 1 unspecified atom stereocenters. The minimum Gasteiger partial charge on any atom is -0.366 e. The van der Waals surface area contributed by atoms with Gasteiger partial charge in [-0.15, -0.1) is 0 Å². The predicted molar refractivity (Wildman–Crippen MR) is 140 cm³/mol.